The Balaban J connectivity index is 2.54. The van der Waals surface area contributed by atoms with Crippen LogP contribution in [0.3, 0.4) is 0 Å². The van der Waals surface area contributed by atoms with Gasteiger partial charge in [-0.3, -0.25) is 5.10 Å². The molecule has 84 valence electrons. The topological polar surface area (TPSA) is 54.7 Å². The molecule has 0 aliphatic heterocycles. The van der Waals surface area contributed by atoms with Crippen molar-refractivity contribution in [3.63, 3.8) is 0 Å². The molecule has 0 aliphatic carbocycles. The van der Waals surface area contributed by atoms with Crippen LogP contribution < -0.4 is 5.73 Å². The summed E-state index contributed by atoms with van der Waals surface area (Å²) in [5.41, 5.74) is 6.73. The molecule has 1 aromatic heterocycles. The molecule has 0 saturated heterocycles. The number of hydrogen-bond acceptors (Lipinski definition) is 2. The van der Waals surface area contributed by atoms with E-state index in [4.69, 9.17) is 5.73 Å². The summed E-state index contributed by atoms with van der Waals surface area (Å²) >= 11 is 3.27. The lowest BCUT2D eigenvalue weighted by molar-refractivity contribution is 0.585. The Hall–Kier alpha value is -1.27. The van der Waals surface area contributed by atoms with Crippen LogP contribution in [0.2, 0.25) is 0 Å². The van der Waals surface area contributed by atoms with Crippen LogP contribution >= 0.6 is 15.9 Å². The summed E-state index contributed by atoms with van der Waals surface area (Å²) in [7, 11) is 0. The first-order chi connectivity index (χ1) is 7.63. The Bertz CT molecular complexity index is 525. The zero-order chi connectivity index (χ0) is 11.7. The SMILES string of the molecule is NCc1[nH]nc(-c2ccc(F)cc2F)c1Br. The number of nitrogens with two attached hydrogens (primary N) is 1. The molecule has 0 fully saturated rings. The number of nitrogens with one attached hydrogen (secondary N) is 1. The van der Waals surface area contributed by atoms with Crippen molar-refractivity contribution in [3.05, 3.63) is 40.0 Å². The average molecular weight is 288 g/mol. The first kappa shape index (κ1) is 11.2. The Labute approximate surface area is 98.8 Å². The third-order valence-electron chi connectivity index (χ3n) is 2.17. The molecule has 2 rings (SSSR count). The van der Waals surface area contributed by atoms with Gasteiger partial charge in [-0.25, -0.2) is 8.78 Å². The summed E-state index contributed by atoms with van der Waals surface area (Å²) in [5.74, 6) is -1.28. The molecule has 0 unspecified atom stereocenters. The van der Waals surface area contributed by atoms with Crippen LogP contribution in [0.5, 0.6) is 0 Å². The third kappa shape index (κ3) is 1.85. The van der Waals surface area contributed by atoms with Crippen LogP contribution in [0.15, 0.2) is 22.7 Å². The molecular weight excluding hydrogens is 280 g/mol. The van der Waals surface area contributed by atoms with Crippen molar-refractivity contribution in [2.45, 2.75) is 6.54 Å². The Kier molecular flexibility index (Phi) is 3.02. The predicted octanol–water partition coefficient (Wildman–Crippen LogP) is 2.58. The molecule has 0 aliphatic rings. The zero-order valence-electron chi connectivity index (χ0n) is 8.10. The standard InChI is InChI=1S/C10H8BrF2N3/c11-9-8(4-14)15-16-10(9)6-2-1-5(12)3-7(6)13/h1-3H,4,14H2,(H,15,16). The van der Waals surface area contributed by atoms with Crippen LogP contribution in [0.25, 0.3) is 11.3 Å². The monoisotopic (exact) mass is 287 g/mol. The smallest absolute Gasteiger partial charge is 0.135 e. The van der Waals surface area contributed by atoms with Gasteiger partial charge in [0.15, 0.2) is 0 Å². The fourth-order valence-corrected chi connectivity index (χ4v) is 1.91. The molecular formula is C10H8BrF2N3. The minimum Gasteiger partial charge on any atom is -0.325 e. The summed E-state index contributed by atoms with van der Waals surface area (Å²) in [6.45, 7) is 0.260. The van der Waals surface area contributed by atoms with Gasteiger partial charge in [0.05, 0.1) is 10.2 Å². The third-order valence-corrected chi connectivity index (χ3v) is 3.02. The van der Waals surface area contributed by atoms with Crippen LogP contribution in [-0.2, 0) is 6.54 Å². The molecule has 0 radical (unpaired) electrons. The zero-order valence-corrected chi connectivity index (χ0v) is 9.68. The van der Waals surface area contributed by atoms with Gasteiger partial charge in [0.1, 0.15) is 17.3 Å². The van der Waals surface area contributed by atoms with E-state index in [1.807, 2.05) is 0 Å². The Morgan fingerprint density at radius 2 is 2.12 bits per heavy atom. The van der Waals surface area contributed by atoms with Crippen LogP contribution in [0.1, 0.15) is 5.69 Å². The number of aromatic nitrogens is 2. The molecule has 0 bridgehead atoms. The normalized spacial score (nSPS) is 10.8. The maximum absolute atomic E-state index is 13.5. The number of nitrogens with zero attached hydrogens (tertiary/aromatic N) is 1. The quantitative estimate of drug-likeness (QED) is 0.892. The summed E-state index contributed by atoms with van der Waals surface area (Å²) in [4.78, 5) is 0. The van der Waals surface area contributed by atoms with Crippen molar-refractivity contribution in [1.29, 1.82) is 0 Å². The minimum absolute atomic E-state index is 0.226. The molecule has 3 nitrogen and oxygen atoms in total. The molecule has 0 atom stereocenters. The summed E-state index contributed by atoms with van der Waals surface area (Å²) in [5, 5.41) is 6.61. The highest BCUT2D eigenvalue weighted by Gasteiger charge is 2.15. The van der Waals surface area contributed by atoms with Gasteiger partial charge in [0.2, 0.25) is 0 Å². The van der Waals surface area contributed by atoms with Crippen LogP contribution in [0, 0.1) is 11.6 Å². The van der Waals surface area contributed by atoms with Crippen LogP contribution in [-0.4, -0.2) is 10.2 Å². The fraction of sp³-hybridized carbons (Fsp3) is 0.100. The first-order valence-electron chi connectivity index (χ1n) is 4.51. The fourth-order valence-electron chi connectivity index (χ4n) is 1.36. The second kappa shape index (κ2) is 4.31. The number of halogens is 3. The van der Waals surface area contributed by atoms with Gasteiger partial charge in [-0.05, 0) is 28.1 Å². The summed E-state index contributed by atoms with van der Waals surface area (Å²) in [6.07, 6.45) is 0. The second-order valence-electron chi connectivity index (χ2n) is 3.19. The van der Waals surface area contributed by atoms with Gasteiger partial charge in [-0.2, -0.15) is 5.10 Å². The molecule has 0 spiro atoms. The van der Waals surface area contributed by atoms with Gasteiger partial charge in [0, 0.05) is 18.2 Å². The van der Waals surface area contributed by atoms with Gasteiger partial charge >= 0.3 is 0 Å². The predicted molar refractivity (Wildman–Crippen MR) is 59.5 cm³/mol. The molecule has 1 aromatic carbocycles. The minimum atomic E-state index is -0.657. The van der Waals surface area contributed by atoms with Crippen molar-refractivity contribution >= 4 is 15.9 Å². The largest absolute Gasteiger partial charge is 0.325 e. The number of hydrogen-bond donors (Lipinski definition) is 2. The molecule has 6 heteroatoms. The van der Waals surface area contributed by atoms with E-state index < -0.39 is 11.6 Å². The lowest BCUT2D eigenvalue weighted by atomic mass is 10.1. The van der Waals surface area contributed by atoms with Crippen molar-refractivity contribution in [2.24, 2.45) is 5.73 Å². The molecule has 0 amide bonds. The Morgan fingerprint density at radius 1 is 1.38 bits per heavy atom. The van der Waals surface area contributed by atoms with E-state index >= 15 is 0 Å². The molecule has 3 N–H and O–H groups in total. The van der Waals surface area contributed by atoms with E-state index in [2.05, 4.69) is 26.1 Å². The van der Waals surface area contributed by atoms with Crippen LogP contribution in [0.4, 0.5) is 8.78 Å². The molecule has 0 saturated carbocycles. The molecule has 16 heavy (non-hydrogen) atoms. The lowest BCUT2D eigenvalue weighted by Crippen LogP contribution is -1.96. The van der Waals surface area contributed by atoms with E-state index in [0.29, 0.717) is 15.9 Å². The highest BCUT2D eigenvalue weighted by atomic mass is 79.9. The number of rotatable bonds is 2. The molecule has 2 aromatic rings. The van der Waals surface area contributed by atoms with E-state index in [-0.39, 0.29) is 12.1 Å². The molecule has 1 heterocycles. The van der Waals surface area contributed by atoms with Gasteiger partial charge in [-0.1, -0.05) is 0 Å². The highest BCUT2D eigenvalue weighted by molar-refractivity contribution is 9.10. The number of H-pyrrole nitrogens is 1. The second-order valence-corrected chi connectivity index (χ2v) is 3.99. The van der Waals surface area contributed by atoms with Gasteiger partial charge in [-0.15, -0.1) is 0 Å². The maximum Gasteiger partial charge on any atom is 0.135 e. The van der Waals surface area contributed by atoms with E-state index in [0.717, 1.165) is 6.07 Å². The number of aromatic amines is 1. The summed E-state index contributed by atoms with van der Waals surface area (Å²) < 4.78 is 26.8. The van der Waals surface area contributed by atoms with E-state index in [9.17, 15) is 8.78 Å². The van der Waals surface area contributed by atoms with E-state index in [1.165, 1.54) is 12.1 Å². The average Bonchev–Trinajstić information content (AvgIpc) is 2.60. The lowest BCUT2D eigenvalue weighted by Gasteiger charge is -2.00. The maximum atomic E-state index is 13.5. The first-order valence-corrected chi connectivity index (χ1v) is 5.31. The number of benzene rings is 1. The van der Waals surface area contributed by atoms with Gasteiger partial charge < -0.3 is 5.73 Å². The highest BCUT2D eigenvalue weighted by Crippen LogP contribution is 2.30. The Morgan fingerprint density at radius 3 is 2.69 bits per heavy atom. The summed E-state index contributed by atoms with van der Waals surface area (Å²) in [6, 6.07) is 3.34. The van der Waals surface area contributed by atoms with Crippen molar-refractivity contribution in [1.82, 2.24) is 10.2 Å². The van der Waals surface area contributed by atoms with Gasteiger partial charge in [0.25, 0.3) is 0 Å². The van der Waals surface area contributed by atoms with E-state index in [1.54, 1.807) is 0 Å². The van der Waals surface area contributed by atoms with Crippen molar-refractivity contribution < 1.29 is 8.78 Å². The van der Waals surface area contributed by atoms with Crippen molar-refractivity contribution in [2.75, 3.05) is 0 Å². The van der Waals surface area contributed by atoms with Crippen molar-refractivity contribution in [3.8, 4) is 11.3 Å².